The van der Waals surface area contributed by atoms with E-state index in [0.717, 1.165) is 12.2 Å². The third kappa shape index (κ3) is 3.86. The van der Waals surface area contributed by atoms with Gasteiger partial charge in [-0.05, 0) is 24.1 Å². The molecule has 0 saturated heterocycles. The maximum absolute atomic E-state index is 13.0. The summed E-state index contributed by atoms with van der Waals surface area (Å²) in [6, 6.07) is 4.65. The molecule has 4 heteroatoms. The largest absolute Gasteiger partial charge is 0.396 e. The van der Waals surface area contributed by atoms with Gasteiger partial charge in [-0.25, -0.2) is 4.39 Å². The number of aliphatic hydroxyl groups is 1. The van der Waals surface area contributed by atoms with Gasteiger partial charge in [0.15, 0.2) is 0 Å². The lowest BCUT2D eigenvalue weighted by atomic mass is 9.96. The molecule has 0 aliphatic carbocycles. The van der Waals surface area contributed by atoms with Crippen molar-refractivity contribution in [1.82, 2.24) is 0 Å². The van der Waals surface area contributed by atoms with Gasteiger partial charge in [0.05, 0.1) is 5.02 Å². The zero-order valence-electron chi connectivity index (χ0n) is 10.5. The maximum Gasteiger partial charge on any atom is 0.141 e. The number of nitrogens with zero attached hydrogens (tertiary/aromatic N) is 1. The first-order valence-electron chi connectivity index (χ1n) is 5.72. The van der Waals surface area contributed by atoms with Crippen LogP contribution in [0.25, 0.3) is 0 Å². The first kappa shape index (κ1) is 14.3. The van der Waals surface area contributed by atoms with Crippen LogP contribution in [0.4, 0.5) is 10.1 Å². The summed E-state index contributed by atoms with van der Waals surface area (Å²) in [5.41, 5.74) is 0.857. The van der Waals surface area contributed by atoms with E-state index >= 15 is 0 Å². The molecule has 1 N–H and O–H groups in total. The number of rotatable bonds is 5. The highest BCUT2D eigenvalue weighted by Gasteiger charge is 2.15. The lowest BCUT2D eigenvalue weighted by Gasteiger charge is -2.27. The Morgan fingerprint density at radius 3 is 2.53 bits per heavy atom. The molecule has 2 nitrogen and oxygen atoms in total. The van der Waals surface area contributed by atoms with E-state index in [0.29, 0.717) is 5.92 Å². The molecule has 1 rings (SSSR count). The molecule has 0 bridgehead atoms. The van der Waals surface area contributed by atoms with Crippen LogP contribution in [0.2, 0.25) is 5.02 Å². The van der Waals surface area contributed by atoms with Crippen LogP contribution < -0.4 is 4.90 Å². The summed E-state index contributed by atoms with van der Waals surface area (Å²) < 4.78 is 13.0. The molecular weight excluding hydrogens is 241 g/mol. The van der Waals surface area contributed by atoms with Gasteiger partial charge < -0.3 is 10.0 Å². The average molecular weight is 260 g/mol. The molecule has 1 aromatic rings. The molecule has 0 fully saturated rings. The number of hydrogen-bond acceptors (Lipinski definition) is 2. The van der Waals surface area contributed by atoms with Gasteiger partial charge in [-0.15, -0.1) is 0 Å². The van der Waals surface area contributed by atoms with E-state index in [2.05, 4.69) is 13.8 Å². The van der Waals surface area contributed by atoms with E-state index in [-0.39, 0.29) is 17.5 Å². The summed E-state index contributed by atoms with van der Waals surface area (Å²) in [5, 5.41) is 9.40. The van der Waals surface area contributed by atoms with E-state index in [1.807, 2.05) is 11.9 Å². The summed E-state index contributed by atoms with van der Waals surface area (Å²) in [6.45, 7) is 5.02. The highest BCUT2D eigenvalue weighted by Crippen LogP contribution is 2.23. The number of benzene rings is 1. The molecule has 0 saturated carbocycles. The number of anilines is 1. The second kappa shape index (κ2) is 6.22. The monoisotopic (exact) mass is 259 g/mol. The Balaban J connectivity index is 2.75. The van der Waals surface area contributed by atoms with Crippen LogP contribution >= 0.6 is 11.6 Å². The van der Waals surface area contributed by atoms with E-state index < -0.39 is 5.82 Å². The van der Waals surface area contributed by atoms with Crippen LogP contribution in [-0.2, 0) is 0 Å². The second-order valence-corrected chi connectivity index (χ2v) is 5.07. The molecule has 96 valence electrons. The molecule has 1 unspecified atom stereocenters. The van der Waals surface area contributed by atoms with Crippen LogP contribution in [0.3, 0.4) is 0 Å². The van der Waals surface area contributed by atoms with Crippen LogP contribution in [0.5, 0.6) is 0 Å². The fraction of sp³-hybridized carbons (Fsp3) is 0.538. The van der Waals surface area contributed by atoms with Gasteiger partial charge >= 0.3 is 0 Å². The Kier molecular flexibility index (Phi) is 5.22. The smallest absolute Gasteiger partial charge is 0.141 e. The molecule has 1 atom stereocenters. The van der Waals surface area contributed by atoms with Crippen molar-refractivity contribution in [3.8, 4) is 0 Å². The predicted molar refractivity (Wildman–Crippen MR) is 70.1 cm³/mol. The van der Waals surface area contributed by atoms with Crippen LogP contribution in [0, 0.1) is 17.7 Å². The molecule has 0 aliphatic rings. The number of halogens is 2. The summed E-state index contributed by atoms with van der Waals surface area (Å²) >= 11 is 5.74. The SMILES string of the molecule is CC(C)C(CO)CN(C)c1ccc(F)c(Cl)c1. The van der Waals surface area contributed by atoms with Gasteiger partial charge in [0.1, 0.15) is 5.82 Å². The zero-order valence-corrected chi connectivity index (χ0v) is 11.2. The lowest BCUT2D eigenvalue weighted by molar-refractivity contribution is 0.193. The Bertz CT molecular complexity index is 370. The van der Waals surface area contributed by atoms with Crippen molar-refractivity contribution in [2.24, 2.45) is 11.8 Å². The van der Waals surface area contributed by atoms with Gasteiger partial charge in [-0.2, -0.15) is 0 Å². The zero-order chi connectivity index (χ0) is 13.0. The van der Waals surface area contributed by atoms with Crippen molar-refractivity contribution in [2.75, 3.05) is 25.1 Å². The molecule has 1 aromatic carbocycles. The van der Waals surface area contributed by atoms with Crippen molar-refractivity contribution in [3.63, 3.8) is 0 Å². The van der Waals surface area contributed by atoms with Crippen molar-refractivity contribution >= 4 is 17.3 Å². The van der Waals surface area contributed by atoms with Crippen molar-refractivity contribution in [2.45, 2.75) is 13.8 Å². The fourth-order valence-corrected chi connectivity index (χ4v) is 1.83. The predicted octanol–water partition coefficient (Wildman–Crippen LogP) is 3.18. The minimum absolute atomic E-state index is 0.124. The summed E-state index contributed by atoms with van der Waals surface area (Å²) in [7, 11) is 1.91. The highest BCUT2D eigenvalue weighted by atomic mass is 35.5. The highest BCUT2D eigenvalue weighted by molar-refractivity contribution is 6.31. The number of hydrogen-bond donors (Lipinski definition) is 1. The second-order valence-electron chi connectivity index (χ2n) is 4.67. The molecule has 17 heavy (non-hydrogen) atoms. The molecule has 0 aromatic heterocycles. The quantitative estimate of drug-likeness (QED) is 0.878. The summed E-state index contributed by atoms with van der Waals surface area (Å²) in [6.07, 6.45) is 0. The van der Waals surface area contributed by atoms with Gasteiger partial charge in [-0.1, -0.05) is 25.4 Å². The third-order valence-corrected chi connectivity index (χ3v) is 3.32. The first-order chi connectivity index (χ1) is 7.95. The minimum Gasteiger partial charge on any atom is -0.396 e. The Morgan fingerprint density at radius 1 is 1.41 bits per heavy atom. The van der Waals surface area contributed by atoms with Crippen LogP contribution in [0.1, 0.15) is 13.8 Å². The first-order valence-corrected chi connectivity index (χ1v) is 6.10. The average Bonchev–Trinajstić information content (AvgIpc) is 2.28. The number of aliphatic hydroxyl groups excluding tert-OH is 1. The molecule has 0 heterocycles. The molecule has 0 amide bonds. The van der Waals surface area contributed by atoms with Crippen molar-refractivity contribution in [3.05, 3.63) is 29.0 Å². The van der Waals surface area contributed by atoms with Crippen molar-refractivity contribution < 1.29 is 9.50 Å². The van der Waals surface area contributed by atoms with Gasteiger partial charge in [0.2, 0.25) is 0 Å². The fourth-order valence-electron chi connectivity index (χ4n) is 1.66. The normalized spacial score (nSPS) is 12.9. The van der Waals surface area contributed by atoms with E-state index in [1.54, 1.807) is 12.1 Å². The van der Waals surface area contributed by atoms with Crippen molar-refractivity contribution in [1.29, 1.82) is 0 Å². The third-order valence-electron chi connectivity index (χ3n) is 3.03. The Labute approximate surface area is 107 Å². The summed E-state index contributed by atoms with van der Waals surface area (Å²) in [5.74, 6) is 0.189. The van der Waals surface area contributed by atoms with Crippen LogP contribution in [0.15, 0.2) is 18.2 Å². The topological polar surface area (TPSA) is 23.5 Å². The van der Waals surface area contributed by atoms with Crippen LogP contribution in [-0.4, -0.2) is 25.3 Å². The molecule has 0 radical (unpaired) electrons. The minimum atomic E-state index is -0.411. The van der Waals surface area contributed by atoms with E-state index in [4.69, 9.17) is 11.6 Å². The van der Waals surface area contributed by atoms with Gasteiger partial charge in [-0.3, -0.25) is 0 Å². The Morgan fingerprint density at radius 2 is 2.06 bits per heavy atom. The lowest BCUT2D eigenvalue weighted by Crippen LogP contribution is -2.30. The van der Waals surface area contributed by atoms with E-state index in [1.165, 1.54) is 6.07 Å². The Hall–Kier alpha value is -0.800. The molecule has 0 spiro atoms. The van der Waals surface area contributed by atoms with Gasteiger partial charge in [0, 0.05) is 31.8 Å². The maximum atomic E-state index is 13.0. The standard InChI is InChI=1S/C13H19ClFNO/c1-9(2)10(8-17)7-16(3)11-4-5-13(15)12(14)6-11/h4-6,9-10,17H,7-8H2,1-3H3. The summed E-state index contributed by atoms with van der Waals surface area (Å²) in [4.78, 5) is 1.98. The van der Waals surface area contributed by atoms with E-state index in [9.17, 15) is 9.50 Å². The molecular formula is C13H19ClFNO. The molecule has 0 aliphatic heterocycles. The van der Waals surface area contributed by atoms with Gasteiger partial charge in [0.25, 0.3) is 0 Å².